The van der Waals surface area contributed by atoms with Gasteiger partial charge in [-0.05, 0) is 18.2 Å². The van der Waals surface area contributed by atoms with E-state index in [2.05, 4.69) is 20.5 Å². The number of carbonyl (C=O) groups excluding carboxylic acids is 1. The fourth-order valence-corrected chi connectivity index (χ4v) is 2.01. The maximum Gasteiger partial charge on any atom is 0.325 e. The summed E-state index contributed by atoms with van der Waals surface area (Å²) >= 11 is 0. The van der Waals surface area contributed by atoms with Gasteiger partial charge in [-0.2, -0.15) is 5.10 Å². The molecule has 1 amide bonds. The van der Waals surface area contributed by atoms with E-state index >= 15 is 0 Å². The normalized spacial score (nSPS) is 10.7. The molecule has 0 spiro atoms. The number of hydrogen-bond donors (Lipinski definition) is 4. The van der Waals surface area contributed by atoms with Crippen LogP contribution in [0.1, 0.15) is 5.69 Å². The van der Waals surface area contributed by atoms with Crippen LogP contribution in [0.4, 0.5) is 5.69 Å². The smallest absolute Gasteiger partial charge is 0.325 e. The summed E-state index contributed by atoms with van der Waals surface area (Å²) in [6, 6.07) is 6.50. The van der Waals surface area contributed by atoms with E-state index in [1.807, 2.05) is 11.1 Å². The van der Waals surface area contributed by atoms with Gasteiger partial charge in [0.25, 0.3) is 5.56 Å². The lowest BCUT2D eigenvalue weighted by Gasteiger charge is -2.05. The number of amides is 1. The predicted molar refractivity (Wildman–Crippen MR) is 76.1 cm³/mol. The van der Waals surface area contributed by atoms with Crippen LogP contribution in [0.25, 0.3) is 10.9 Å². The van der Waals surface area contributed by atoms with E-state index in [9.17, 15) is 14.4 Å². The van der Waals surface area contributed by atoms with Crippen LogP contribution in [0.2, 0.25) is 0 Å². The Labute approximate surface area is 117 Å². The van der Waals surface area contributed by atoms with Gasteiger partial charge in [-0.25, -0.2) is 4.79 Å². The average Bonchev–Trinajstić information content (AvgIpc) is 2.84. The summed E-state index contributed by atoms with van der Waals surface area (Å²) in [6.07, 6.45) is 1.59. The molecule has 0 saturated carbocycles. The van der Waals surface area contributed by atoms with Crippen LogP contribution in [0.15, 0.2) is 40.1 Å². The van der Waals surface area contributed by atoms with Gasteiger partial charge in [-0.15, -0.1) is 0 Å². The highest BCUT2D eigenvalue weighted by Crippen LogP contribution is 2.16. The minimum absolute atomic E-state index is 0.0971. The number of aromatic amines is 3. The van der Waals surface area contributed by atoms with Crippen molar-refractivity contribution in [2.45, 2.75) is 6.42 Å². The van der Waals surface area contributed by atoms with Crippen molar-refractivity contribution in [2.75, 3.05) is 5.32 Å². The van der Waals surface area contributed by atoms with Crippen LogP contribution in [0.5, 0.6) is 0 Å². The van der Waals surface area contributed by atoms with Crippen molar-refractivity contribution in [2.24, 2.45) is 0 Å². The summed E-state index contributed by atoms with van der Waals surface area (Å²) in [5.74, 6) is -0.338. The first-order valence-electron chi connectivity index (χ1n) is 6.16. The molecule has 3 aromatic rings. The van der Waals surface area contributed by atoms with Crippen LogP contribution in [-0.4, -0.2) is 26.1 Å². The Morgan fingerprint density at radius 2 is 2.05 bits per heavy atom. The Balaban J connectivity index is 1.76. The van der Waals surface area contributed by atoms with E-state index in [0.29, 0.717) is 5.69 Å². The third kappa shape index (κ3) is 2.89. The number of carbonyl (C=O) groups is 1. The molecule has 8 heteroatoms. The molecule has 2 aromatic heterocycles. The molecule has 0 atom stereocenters. The lowest BCUT2D eigenvalue weighted by molar-refractivity contribution is -0.115. The molecular formula is C13H11N5O3. The van der Waals surface area contributed by atoms with Gasteiger partial charge in [0.1, 0.15) is 0 Å². The van der Waals surface area contributed by atoms with E-state index in [-0.39, 0.29) is 18.0 Å². The SMILES string of the molecule is O=C(Cc1cc(=O)[nH]c(=O)[nH]1)Nc1ccc2cn[nH]c2c1. The molecule has 0 aliphatic carbocycles. The summed E-state index contributed by atoms with van der Waals surface area (Å²) in [5, 5.41) is 10.3. The average molecular weight is 285 g/mol. The number of hydrogen-bond acceptors (Lipinski definition) is 4. The van der Waals surface area contributed by atoms with E-state index in [1.165, 1.54) is 6.07 Å². The lowest BCUT2D eigenvalue weighted by Crippen LogP contribution is -2.25. The quantitative estimate of drug-likeness (QED) is 0.545. The summed E-state index contributed by atoms with van der Waals surface area (Å²) < 4.78 is 0. The van der Waals surface area contributed by atoms with Gasteiger partial charge < -0.3 is 10.3 Å². The molecule has 3 rings (SSSR count). The topological polar surface area (TPSA) is 124 Å². The van der Waals surface area contributed by atoms with Crippen molar-refractivity contribution in [1.29, 1.82) is 0 Å². The largest absolute Gasteiger partial charge is 0.326 e. The van der Waals surface area contributed by atoms with Crippen molar-refractivity contribution >= 4 is 22.5 Å². The molecule has 0 aliphatic heterocycles. The highest BCUT2D eigenvalue weighted by molar-refractivity contribution is 5.94. The number of nitrogens with zero attached hydrogens (tertiary/aromatic N) is 1. The summed E-state index contributed by atoms with van der Waals surface area (Å²) in [7, 11) is 0. The molecule has 0 radical (unpaired) electrons. The van der Waals surface area contributed by atoms with Crippen molar-refractivity contribution in [3.63, 3.8) is 0 Å². The van der Waals surface area contributed by atoms with Crippen LogP contribution in [0, 0.1) is 0 Å². The summed E-state index contributed by atoms with van der Waals surface area (Å²) in [6.45, 7) is 0. The highest BCUT2D eigenvalue weighted by atomic mass is 16.2. The van der Waals surface area contributed by atoms with Gasteiger partial charge in [0.15, 0.2) is 0 Å². The summed E-state index contributed by atoms with van der Waals surface area (Å²) in [4.78, 5) is 38.6. The van der Waals surface area contributed by atoms with Gasteiger partial charge in [0.2, 0.25) is 5.91 Å². The van der Waals surface area contributed by atoms with Gasteiger partial charge in [-0.1, -0.05) is 0 Å². The van der Waals surface area contributed by atoms with E-state index in [4.69, 9.17) is 0 Å². The minimum Gasteiger partial charge on any atom is -0.326 e. The molecule has 4 N–H and O–H groups in total. The lowest BCUT2D eigenvalue weighted by atomic mass is 10.2. The zero-order valence-electron chi connectivity index (χ0n) is 10.8. The maximum absolute atomic E-state index is 11.9. The number of rotatable bonds is 3. The Morgan fingerprint density at radius 3 is 2.86 bits per heavy atom. The second-order valence-electron chi connectivity index (χ2n) is 4.51. The van der Waals surface area contributed by atoms with Gasteiger partial charge in [-0.3, -0.25) is 19.7 Å². The van der Waals surface area contributed by atoms with Crippen molar-refractivity contribution in [1.82, 2.24) is 20.2 Å². The number of benzene rings is 1. The maximum atomic E-state index is 11.9. The Bertz CT molecular complexity index is 893. The molecule has 1 aromatic carbocycles. The Morgan fingerprint density at radius 1 is 1.19 bits per heavy atom. The van der Waals surface area contributed by atoms with E-state index in [1.54, 1.807) is 18.3 Å². The second-order valence-corrected chi connectivity index (χ2v) is 4.51. The summed E-state index contributed by atoms with van der Waals surface area (Å²) in [5.41, 5.74) is 0.481. The van der Waals surface area contributed by atoms with E-state index < -0.39 is 11.2 Å². The first-order valence-corrected chi connectivity index (χ1v) is 6.16. The van der Waals surface area contributed by atoms with Gasteiger partial charge in [0, 0.05) is 22.8 Å². The molecule has 0 aliphatic rings. The standard InChI is InChI=1S/C13H11N5O3/c19-11(4-9-5-12(20)17-13(21)16-9)15-8-2-1-7-6-14-18-10(7)3-8/h1-3,5-6H,4H2,(H,14,18)(H,15,19)(H2,16,17,20,21). The number of nitrogens with one attached hydrogen (secondary N) is 4. The van der Waals surface area contributed by atoms with E-state index in [0.717, 1.165) is 10.9 Å². The molecule has 106 valence electrons. The van der Waals surface area contributed by atoms with Crippen molar-refractivity contribution in [3.8, 4) is 0 Å². The first-order chi connectivity index (χ1) is 10.1. The molecule has 0 unspecified atom stereocenters. The zero-order chi connectivity index (χ0) is 14.8. The third-order valence-electron chi connectivity index (χ3n) is 2.89. The fourth-order valence-electron chi connectivity index (χ4n) is 2.01. The van der Waals surface area contributed by atoms with Crippen LogP contribution in [0.3, 0.4) is 0 Å². The van der Waals surface area contributed by atoms with Crippen molar-refractivity contribution < 1.29 is 4.79 Å². The van der Waals surface area contributed by atoms with Crippen LogP contribution < -0.4 is 16.6 Å². The fraction of sp³-hybridized carbons (Fsp3) is 0.0769. The number of anilines is 1. The van der Waals surface area contributed by atoms with Crippen molar-refractivity contribution in [3.05, 3.63) is 57.0 Å². The number of aromatic nitrogens is 4. The molecule has 0 bridgehead atoms. The monoisotopic (exact) mass is 285 g/mol. The molecule has 8 nitrogen and oxygen atoms in total. The molecule has 0 fully saturated rings. The molecule has 21 heavy (non-hydrogen) atoms. The Kier molecular flexibility index (Phi) is 3.11. The first kappa shape index (κ1) is 12.9. The minimum atomic E-state index is -0.635. The Hall–Kier alpha value is -3.16. The second kappa shape index (κ2) is 5.08. The third-order valence-corrected chi connectivity index (χ3v) is 2.89. The number of fused-ring (bicyclic) bond motifs is 1. The molecule has 0 saturated heterocycles. The molecule has 2 heterocycles. The van der Waals surface area contributed by atoms with Gasteiger partial charge >= 0.3 is 5.69 Å². The van der Waals surface area contributed by atoms with Crippen LogP contribution >= 0.6 is 0 Å². The van der Waals surface area contributed by atoms with Crippen LogP contribution in [-0.2, 0) is 11.2 Å². The predicted octanol–water partition coefficient (Wildman–Crippen LogP) is 0.121. The zero-order valence-corrected chi connectivity index (χ0v) is 10.8. The highest BCUT2D eigenvalue weighted by Gasteiger charge is 2.07. The molecular weight excluding hydrogens is 274 g/mol. The number of H-pyrrole nitrogens is 3. The van der Waals surface area contributed by atoms with Gasteiger partial charge in [0.05, 0.1) is 18.1 Å².